The Morgan fingerprint density at radius 2 is 1.86 bits per heavy atom. The number of aryl methyl sites for hydroxylation is 2. The molecule has 0 unspecified atom stereocenters. The van der Waals surface area contributed by atoms with Gasteiger partial charge in [-0.15, -0.1) is 0 Å². The van der Waals surface area contributed by atoms with Crippen LogP contribution in [0.4, 0.5) is 11.6 Å². The molecule has 0 radical (unpaired) electrons. The second-order valence-corrected chi connectivity index (χ2v) is 7.40. The van der Waals surface area contributed by atoms with Gasteiger partial charge in [0, 0.05) is 44.6 Å². The standard InChI is InChI=1S/C21H28N8/c1-4-27-7-9-28(10-8-27)20-12-18(5-6-23-20)13-24-19-14-22-15-21(25-19)29-17(3)11-16(2)26-29/h5-6,11-12,14-15H,4,7-10,13H2,1-3H3,(H,24,25). The fraction of sp³-hybridized carbons (Fsp3) is 0.429. The van der Waals surface area contributed by atoms with E-state index in [0.717, 1.165) is 55.7 Å². The molecule has 29 heavy (non-hydrogen) atoms. The van der Waals surface area contributed by atoms with Crippen LogP contribution in [-0.4, -0.2) is 62.4 Å². The topological polar surface area (TPSA) is 75.0 Å². The lowest BCUT2D eigenvalue weighted by Crippen LogP contribution is -2.46. The zero-order chi connectivity index (χ0) is 20.2. The van der Waals surface area contributed by atoms with Gasteiger partial charge in [0.15, 0.2) is 5.82 Å². The summed E-state index contributed by atoms with van der Waals surface area (Å²) in [5, 5.41) is 7.86. The molecule has 1 saturated heterocycles. The Kier molecular flexibility index (Phi) is 5.71. The molecule has 1 N–H and O–H groups in total. The second kappa shape index (κ2) is 8.57. The molecule has 1 aliphatic heterocycles. The molecule has 3 aromatic heterocycles. The van der Waals surface area contributed by atoms with Gasteiger partial charge in [0.1, 0.15) is 11.6 Å². The summed E-state index contributed by atoms with van der Waals surface area (Å²) in [5.74, 6) is 2.48. The molecule has 152 valence electrons. The van der Waals surface area contributed by atoms with E-state index in [4.69, 9.17) is 0 Å². The van der Waals surface area contributed by atoms with E-state index in [1.54, 1.807) is 12.4 Å². The van der Waals surface area contributed by atoms with Crippen molar-refractivity contribution in [2.24, 2.45) is 0 Å². The maximum absolute atomic E-state index is 4.66. The Bertz CT molecular complexity index is 959. The summed E-state index contributed by atoms with van der Waals surface area (Å²) in [4.78, 5) is 18.4. The van der Waals surface area contributed by atoms with Crippen LogP contribution in [0.15, 0.2) is 36.8 Å². The van der Waals surface area contributed by atoms with E-state index >= 15 is 0 Å². The van der Waals surface area contributed by atoms with Crippen molar-refractivity contribution in [3.63, 3.8) is 0 Å². The molecule has 4 heterocycles. The van der Waals surface area contributed by atoms with Gasteiger partial charge >= 0.3 is 0 Å². The highest BCUT2D eigenvalue weighted by Crippen LogP contribution is 2.17. The SMILES string of the molecule is CCN1CCN(c2cc(CNc3cncc(-n4nc(C)cc4C)n3)ccn2)CC1. The Labute approximate surface area is 171 Å². The molecule has 0 bridgehead atoms. The van der Waals surface area contributed by atoms with E-state index in [-0.39, 0.29) is 0 Å². The van der Waals surface area contributed by atoms with Crippen LogP contribution < -0.4 is 10.2 Å². The summed E-state index contributed by atoms with van der Waals surface area (Å²) >= 11 is 0. The van der Waals surface area contributed by atoms with Crippen LogP contribution >= 0.6 is 0 Å². The molecule has 3 aromatic rings. The molecule has 0 atom stereocenters. The number of nitrogens with one attached hydrogen (secondary N) is 1. The van der Waals surface area contributed by atoms with E-state index in [1.807, 2.05) is 36.9 Å². The van der Waals surface area contributed by atoms with E-state index < -0.39 is 0 Å². The van der Waals surface area contributed by atoms with Gasteiger partial charge in [-0.2, -0.15) is 5.10 Å². The smallest absolute Gasteiger partial charge is 0.174 e. The lowest BCUT2D eigenvalue weighted by molar-refractivity contribution is 0.270. The fourth-order valence-electron chi connectivity index (χ4n) is 3.63. The summed E-state index contributed by atoms with van der Waals surface area (Å²) in [6.07, 6.45) is 5.35. The van der Waals surface area contributed by atoms with E-state index in [1.165, 1.54) is 5.56 Å². The van der Waals surface area contributed by atoms with Crippen LogP contribution in [0, 0.1) is 13.8 Å². The molecule has 0 aromatic carbocycles. The van der Waals surface area contributed by atoms with Crippen molar-refractivity contribution >= 4 is 11.6 Å². The zero-order valence-electron chi connectivity index (χ0n) is 17.3. The molecule has 1 aliphatic rings. The van der Waals surface area contributed by atoms with Crippen LogP contribution in [-0.2, 0) is 6.54 Å². The van der Waals surface area contributed by atoms with Gasteiger partial charge in [0.05, 0.1) is 18.1 Å². The number of hydrogen-bond acceptors (Lipinski definition) is 7. The summed E-state index contributed by atoms with van der Waals surface area (Å²) in [6, 6.07) is 6.23. The number of aromatic nitrogens is 5. The zero-order valence-corrected chi connectivity index (χ0v) is 17.3. The van der Waals surface area contributed by atoms with E-state index in [9.17, 15) is 0 Å². The number of rotatable bonds is 6. The molecular formula is C21H28N8. The van der Waals surface area contributed by atoms with Gasteiger partial charge in [-0.3, -0.25) is 4.98 Å². The molecule has 4 rings (SSSR count). The normalized spacial score (nSPS) is 14.9. The van der Waals surface area contributed by atoms with Crippen molar-refractivity contribution < 1.29 is 0 Å². The Balaban J connectivity index is 1.42. The Hall–Kier alpha value is -3.00. The molecular weight excluding hydrogens is 364 g/mol. The quantitative estimate of drug-likeness (QED) is 0.690. The minimum absolute atomic E-state index is 0.666. The van der Waals surface area contributed by atoms with Gasteiger partial charge in [-0.25, -0.2) is 14.6 Å². The van der Waals surface area contributed by atoms with Gasteiger partial charge in [0.25, 0.3) is 0 Å². The number of anilines is 2. The summed E-state index contributed by atoms with van der Waals surface area (Å²) in [5.41, 5.74) is 3.17. The predicted octanol–water partition coefficient (Wildman–Crippen LogP) is 2.43. The molecule has 0 spiro atoms. The van der Waals surface area contributed by atoms with Crippen LogP contribution in [0.5, 0.6) is 0 Å². The first kappa shape index (κ1) is 19.3. The third kappa shape index (κ3) is 4.54. The summed E-state index contributed by atoms with van der Waals surface area (Å²) in [6.45, 7) is 12.2. The third-order valence-corrected chi connectivity index (χ3v) is 5.28. The van der Waals surface area contributed by atoms with Crippen molar-refractivity contribution in [2.45, 2.75) is 27.3 Å². The largest absolute Gasteiger partial charge is 0.365 e. The molecule has 0 amide bonds. The molecule has 8 nitrogen and oxygen atoms in total. The van der Waals surface area contributed by atoms with Gasteiger partial charge in [0.2, 0.25) is 0 Å². The molecule has 0 saturated carbocycles. The van der Waals surface area contributed by atoms with Gasteiger partial charge in [-0.05, 0) is 44.2 Å². The maximum Gasteiger partial charge on any atom is 0.174 e. The Morgan fingerprint density at radius 1 is 1.03 bits per heavy atom. The van der Waals surface area contributed by atoms with Gasteiger partial charge in [-0.1, -0.05) is 6.92 Å². The lowest BCUT2D eigenvalue weighted by Gasteiger charge is -2.34. The highest BCUT2D eigenvalue weighted by Gasteiger charge is 2.16. The minimum Gasteiger partial charge on any atom is -0.365 e. The van der Waals surface area contributed by atoms with Crippen LogP contribution in [0.25, 0.3) is 5.82 Å². The first-order valence-electron chi connectivity index (χ1n) is 10.1. The number of hydrogen-bond donors (Lipinski definition) is 1. The van der Waals surface area contributed by atoms with Crippen LogP contribution in [0.1, 0.15) is 23.9 Å². The summed E-state index contributed by atoms with van der Waals surface area (Å²) < 4.78 is 1.81. The van der Waals surface area contributed by atoms with Crippen LogP contribution in [0.2, 0.25) is 0 Å². The first-order valence-corrected chi connectivity index (χ1v) is 10.1. The number of pyridine rings is 1. The summed E-state index contributed by atoms with van der Waals surface area (Å²) in [7, 11) is 0. The predicted molar refractivity (Wildman–Crippen MR) is 115 cm³/mol. The van der Waals surface area contributed by atoms with Crippen molar-refractivity contribution in [2.75, 3.05) is 42.9 Å². The average Bonchev–Trinajstić information content (AvgIpc) is 3.11. The molecule has 0 aliphatic carbocycles. The van der Waals surface area contributed by atoms with Crippen molar-refractivity contribution in [3.05, 3.63) is 53.7 Å². The average molecular weight is 393 g/mol. The maximum atomic E-state index is 4.66. The van der Waals surface area contributed by atoms with E-state index in [0.29, 0.717) is 12.4 Å². The van der Waals surface area contributed by atoms with Crippen molar-refractivity contribution in [1.82, 2.24) is 29.6 Å². The molecule has 8 heteroatoms. The van der Waals surface area contributed by atoms with E-state index in [2.05, 4.69) is 48.2 Å². The molecule has 1 fully saturated rings. The minimum atomic E-state index is 0.666. The number of nitrogens with zero attached hydrogens (tertiary/aromatic N) is 7. The lowest BCUT2D eigenvalue weighted by atomic mass is 10.2. The fourth-order valence-corrected chi connectivity index (χ4v) is 3.63. The Morgan fingerprint density at radius 3 is 2.59 bits per heavy atom. The number of likely N-dealkylation sites (N-methyl/N-ethyl adjacent to an activating group) is 1. The van der Waals surface area contributed by atoms with Crippen molar-refractivity contribution in [3.8, 4) is 5.82 Å². The second-order valence-electron chi connectivity index (χ2n) is 7.40. The van der Waals surface area contributed by atoms with Crippen LogP contribution in [0.3, 0.4) is 0 Å². The monoisotopic (exact) mass is 392 g/mol. The highest BCUT2D eigenvalue weighted by molar-refractivity contribution is 5.43. The van der Waals surface area contributed by atoms with Crippen molar-refractivity contribution in [1.29, 1.82) is 0 Å². The first-order chi connectivity index (χ1) is 14.1. The third-order valence-electron chi connectivity index (χ3n) is 5.28. The number of piperazine rings is 1. The highest BCUT2D eigenvalue weighted by atomic mass is 15.3. The van der Waals surface area contributed by atoms with Gasteiger partial charge < -0.3 is 15.1 Å².